The SMILES string of the molecule is CN(C)S(=O)(=O)N1CCC(Oc2cccc(C(=O)N[C@@H]3CCOC3)c2)CC1. The van der Waals surface area contributed by atoms with E-state index in [1.165, 1.54) is 22.7 Å². The van der Waals surface area contributed by atoms with Gasteiger partial charge in [-0.25, -0.2) is 0 Å². The van der Waals surface area contributed by atoms with E-state index >= 15 is 0 Å². The number of hydrogen-bond acceptors (Lipinski definition) is 5. The maximum atomic E-state index is 12.4. The second kappa shape index (κ2) is 8.55. The van der Waals surface area contributed by atoms with Crippen molar-refractivity contribution in [3.05, 3.63) is 29.8 Å². The molecule has 0 aliphatic carbocycles. The summed E-state index contributed by atoms with van der Waals surface area (Å²) in [6.07, 6.45) is 1.99. The number of piperidine rings is 1. The van der Waals surface area contributed by atoms with Crippen LogP contribution in [-0.2, 0) is 14.9 Å². The summed E-state index contributed by atoms with van der Waals surface area (Å²) in [5.41, 5.74) is 0.548. The molecule has 0 saturated carbocycles. The average molecular weight is 397 g/mol. The molecule has 0 unspecified atom stereocenters. The van der Waals surface area contributed by atoms with Crippen molar-refractivity contribution in [3.8, 4) is 5.75 Å². The number of hydrogen-bond donors (Lipinski definition) is 1. The van der Waals surface area contributed by atoms with Gasteiger partial charge in [0.2, 0.25) is 0 Å². The van der Waals surface area contributed by atoms with E-state index in [0.29, 0.717) is 50.5 Å². The van der Waals surface area contributed by atoms with E-state index < -0.39 is 10.2 Å². The quantitative estimate of drug-likeness (QED) is 0.769. The molecular weight excluding hydrogens is 370 g/mol. The summed E-state index contributed by atoms with van der Waals surface area (Å²) in [6, 6.07) is 7.16. The lowest BCUT2D eigenvalue weighted by atomic mass is 10.1. The zero-order valence-corrected chi connectivity index (χ0v) is 16.6. The molecule has 2 saturated heterocycles. The molecule has 1 aromatic rings. The molecule has 1 atom stereocenters. The standard InChI is InChI=1S/C18H27N3O5S/c1-20(2)27(23,24)21-9-6-16(7-10-21)26-17-5-3-4-14(12-17)18(22)19-15-8-11-25-13-15/h3-5,12,15-16H,6-11,13H2,1-2H3,(H,19,22)/t15-/m1/s1. The van der Waals surface area contributed by atoms with Gasteiger partial charge in [0.1, 0.15) is 11.9 Å². The molecule has 2 aliphatic rings. The Bertz CT molecular complexity index is 754. The molecule has 0 radical (unpaired) electrons. The van der Waals surface area contributed by atoms with Gasteiger partial charge >= 0.3 is 0 Å². The molecule has 3 rings (SSSR count). The number of ether oxygens (including phenoxy) is 2. The normalized spacial score (nSPS) is 22.1. The van der Waals surface area contributed by atoms with Crippen LogP contribution >= 0.6 is 0 Å². The van der Waals surface area contributed by atoms with Crippen LogP contribution in [0.5, 0.6) is 5.75 Å². The highest BCUT2D eigenvalue weighted by Gasteiger charge is 2.30. The molecule has 1 aromatic carbocycles. The second-order valence-corrected chi connectivity index (χ2v) is 9.21. The first-order chi connectivity index (χ1) is 12.9. The zero-order chi connectivity index (χ0) is 19.4. The molecule has 8 nitrogen and oxygen atoms in total. The fraction of sp³-hybridized carbons (Fsp3) is 0.611. The number of carbonyl (C=O) groups is 1. The highest BCUT2D eigenvalue weighted by atomic mass is 32.2. The van der Waals surface area contributed by atoms with Crippen molar-refractivity contribution < 1.29 is 22.7 Å². The number of rotatable bonds is 6. The predicted octanol–water partition coefficient (Wildman–Crippen LogP) is 0.855. The number of nitrogens with zero attached hydrogens (tertiary/aromatic N) is 2. The summed E-state index contributed by atoms with van der Waals surface area (Å²) >= 11 is 0. The van der Waals surface area contributed by atoms with Gasteiger partial charge in [-0.05, 0) is 37.5 Å². The molecule has 0 aromatic heterocycles. The minimum absolute atomic E-state index is 0.0602. The first kappa shape index (κ1) is 20.1. The summed E-state index contributed by atoms with van der Waals surface area (Å²) in [5.74, 6) is 0.488. The number of benzene rings is 1. The zero-order valence-electron chi connectivity index (χ0n) is 15.8. The van der Waals surface area contributed by atoms with Crippen LogP contribution in [0.25, 0.3) is 0 Å². The minimum atomic E-state index is -3.38. The van der Waals surface area contributed by atoms with Crippen molar-refractivity contribution in [1.82, 2.24) is 13.9 Å². The van der Waals surface area contributed by atoms with E-state index in [-0.39, 0.29) is 18.1 Å². The Morgan fingerprint density at radius 3 is 2.63 bits per heavy atom. The van der Waals surface area contributed by atoms with Gasteiger partial charge in [-0.1, -0.05) is 6.07 Å². The Labute approximate surface area is 160 Å². The summed E-state index contributed by atoms with van der Waals surface area (Å²) < 4.78 is 38.3. The van der Waals surface area contributed by atoms with Gasteiger partial charge in [-0.2, -0.15) is 17.0 Å². The molecule has 2 aliphatic heterocycles. The van der Waals surface area contributed by atoms with Gasteiger partial charge in [0, 0.05) is 39.4 Å². The fourth-order valence-corrected chi connectivity index (χ4v) is 4.37. The largest absolute Gasteiger partial charge is 0.490 e. The van der Waals surface area contributed by atoms with Crippen LogP contribution in [0.3, 0.4) is 0 Å². The summed E-state index contributed by atoms with van der Waals surface area (Å²) in [7, 11) is -0.310. The predicted molar refractivity (Wildman–Crippen MR) is 101 cm³/mol. The maximum absolute atomic E-state index is 12.4. The van der Waals surface area contributed by atoms with Crippen molar-refractivity contribution in [2.75, 3.05) is 40.4 Å². The van der Waals surface area contributed by atoms with E-state index in [9.17, 15) is 13.2 Å². The van der Waals surface area contributed by atoms with E-state index in [1.54, 1.807) is 18.2 Å². The van der Waals surface area contributed by atoms with Gasteiger partial charge in [0.05, 0.1) is 12.6 Å². The van der Waals surface area contributed by atoms with Gasteiger partial charge in [-0.3, -0.25) is 4.79 Å². The third-order valence-corrected chi connectivity index (χ3v) is 6.79. The van der Waals surface area contributed by atoms with E-state index in [2.05, 4.69) is 5.32 Å². The van der Waals surface area contributed by atoms with E-state index in [1.807, 2.05) is 6.07 Å². The molecule has 150 valence electrons. The molecule has 2 fully saturated rings. The van der Waals surface area contributed by atoms with Gasteiger partial charge in [-0.15, -0.1) is 0 Å². The number of carbonyl (C=O) groups excluding carboxylic acids is 1. The molecule has 9 heteroatoms. The van der Waals surface area contributed by atoms with Crippen LogP contribution in [-0.4, -0.2) is 75.5 Å². The fourth-order valence-electron chi connectivity index (χ4n) is 3.23. The Morgan fingerprint density at radius 1 is 1.26 bits per heavy atom. The van der Waals surface area contributed by atoms with Crippen molar-refractivity contribution in [2.24, 2.45) is 0 Å². The first-order valence-electron chi connectivity index (χ1n) is 9.19. The van der Waals surface area contributed by atoms with Crippen LogP contribution in [0.4, 0.5) is 0 Å². The maximum Gasteiger partial charge on any atom is 0.281 e. The van der Waals surface area contributed by atoms with Crippen LogP contribution in [0, 0.1) is 0 Å². The Balaban J connectivity index is 1.55. The number of nitrogens with one attached hydrogen (secondary N) is 1. The van der Waals surface area contributed by atoms with Gasteiger partial charge < -0.3 is 14.8 Å². The number of amides is 1. The minimum Gasteiger partial charge on any atom is -0.490 e. The van der Waals surface area contributed by atoms with Crippen LogP contribution < -0.4 is 10.1 Å². The van der Waals surface area contributed by atoms with E-state index in [0.717, 1.165) is 6.42 Å². The van der Waals surface area contributed by atoms with Crippen LogP contribution in [0.1, 0.15) is 29.6 Å². The highest BCUT2D eigenvalue weighted by Crippen LogP contribution is 2.22. The molecule has 1 N–H and O–H groups in total. The highest BCUT2D eigenvalue weighted by molar-refractivity contribution is 7.86. The van der Waals surface area contributed by atoms with Crippen molar-refractivity contribution in [3.63, 3.8) is 0 Å². The average Bonchev–Trinajstić information content (AvgIpc) is 3.15. The topological polar surface area (TPSA) is 88.2 Å². The molecule has 27 heavy (non-hydrogen) atoms. The lowest BCUT2D eigenvalue weighted by molar-refractivity contribution is 0.0928. The summed E-state index contributed by atoms with van der Waals surface area (Å²) in [4.78, 5) is 12.4. The van der Waals surface area contributed by atoms with Crippen LogP contribution in [0.2, 0.25) is 0 Å². The van der Waals surface area contributed by atoms with Gasteiger partial charge in [0.25, 0.3) is 16.1 Å². The van der Waals surface area contributed by atoms with Gasteiger partial charge in [0.15, 0.2) is 0 Å². The lowest BCUT2D eigenvalue weighted by Crippen LogP contribution is -2.46. The third-order valence-electron chi connectivity index (χ3n) is 4.85. The molecular formula is C18H27N3O5S. The van der Waals surface area contributed by atoms with Crippen LogP contribution in [0.15, 0.2) is 24.3 Å². The van der Waals surface area contributed by atoms with Crippen molar-refractivity contribution in [1.29, 1.82) is 0 Å². The summed E-state index contributed by atoms with van der Waals surface area (Å²) in [5, 5.41) is 2.96. The van der Waals surface area contributed by atoms with Crippen molar-refractivity contribution in [2.45, 2.75) is 31.4 Å². The molecule has 2 heterocycles. The Hall–Kier alpha value is -1.68. The smallest absolute Gasteiger partial charge is 0.281 e. The molecule has 0 spiro atoms. The first-order valence-corrected chi connectivity index (χ1v) is 10.6. The Morgan fingerprint density at radius 2 is 2.00 bits per heavy atom. The Kier molecular flexibility index (Phi) is 6.36. The molecule has 0 bridgehead atoms. The van der Waals surface area contributed by atoms with Crippen molar-refractivity contribution >= 4 is 16.1 Å². The monoisotopic (exact) mass is 397 g/mol. The third kappa shape index (κ3) is 4.98. The molecule has 1 amide bonds. The second-order valence-electron chi connectivity index (χ2n) is 7.07. The lowest BCUT2D eigenvalue weighted by Gasteiger charge is -2.32. The summed E-state index contributed by atoms with van der Waals surface area (Å²) in [6.45, 7) is 2.08. The van der Waals surface area contributed by atoms with E-state index in [4.69, 9.17) is 9.47 Å².